The Labute approximate surface area is 475 Å². The maximum Gasteiger partial charge on any atom is 0.268 e. The van der Waals surface area contributed by atoms with Crippen LogP contribution in [0.25, 0.3) is 0 Å². The number of amides is 1. The summed E-state index contributed by atoms with van der Waals surface area (Å²) in [7, 11) is 1.19. The maximum atomic E-state index is 13.0. The summed E-state index contributed by atoms with van der Waals surface area (Å²) >= 11 is 0. The molecular formula is C68H117N2O6P. The van der Waals surface area contributed by atoms with Gasteiger partial charge in [-0.1, -0.05) is 270 Å². The van der Waals surface area contributed by atoms with Crippen LogP contribution in [-0.2, 0) is 18.4 Å². The highest BCUT2D eigenvalue weighted by atomic mass is 31.2. The van der Waals surface area contributed by atoms with Crippen molar-refractivity contribution in [3.63, 3.8) is 0 Å². The first kappa shape index (κ1) is 73.6. The molecule has 8 nitrogen and oxygen atoms in total. The van der Waals surface area contributed by atoms with Crippen molar-refractivity contribution in [2.45, 2.75) is 251 Å². The smallest absolute Gasteiger partial charge is 0.268 e. The monoisotopic (exact) mass is 1090 g/mol. The maximum absolute atomic E-state index is 13.0. The molecule has 1 amide bonds. The van der Waals surface area contributed by atoms with Crippen molar-refractivity contribution in [3.8, 4) is 0 Å². The van der Waals surface area contributed by atoms with Crippen LogP contribution in [0.15, 0.2) is 134 Å². The lowest BCUT2D eigenvalue weighted by Gasteiger charge is -2.29. The van der Waals surface area contributed by atoms with E-state index in [9.17, 15) is 19.4 Å². The van der Waals surface area contributed by atoms with Crippen molar-refractivity contribution in [1.82, 2.24) is 5.32 Å². The minimum absolute atomic E-state index is 0.0248. The highest BCUT2D eigenvalue weighted by molar-refractivity contribution is 7.45. The molecule has 0 spiro atoms. The number of carbonyl (C=O) groups excluding carboxylic acids is 1. The van der Waals surface area contributed by atoms with Crippen molar-refractivity contribution in [2.24, 2.45) is 0 Å². The predicted octanol–water partition coefficient (Wildman–Crippen LogP) is 18.9. The van der Waals surface area contributed by atoms with Gasteiger partial charge in [0, 0.05) is 6.42 Å². The fourth-order valence-electron chi connectivity index (χ4n) is 8.29. The van der Waals surface area contributed by atoms with Gasteiger partial charge in [0.05, 0.1) is 39.9 Å². The molecule has 0 aliphatic carbocycles. The number of phosphoric ester groups is 1. The Balaban J connectivity index is 4.37. The topological polar surface area (TPSA) is 108 Å². The Morgan fingerprint density at radius 1 is 0.468 bits per heavy atom. The van der Waals surface area contributed by atoms with Crippen molar-refractivity contribution in [2.75, 3.05) is 40.9 Å². The zero-order chi connectivity index (χ0) is 56.3. The molecule has 0 aromatic rings. The lowest BCUT2D eigenvalue weighted by atomic mass is 10.0. The first-order valence-corrected chi connectivity index (χ1v) is 32.5. The van der Waals surface area contributed by atoms with Crippen LogP contribution in [0.3, 0.4) is 0 Å². The summed E-state index contributed by atoms with van der Waals surface area (Å²) in [5.74, 6) is -0.269. The van der Waals surface area contributed by atoms with E-state index in [-0.39, 0.29) is 18.9 Å². The number of aliphatic hydroxyl groups excluding tert-OH is 1. The van der Waals surface area contributed by atoms with E-state index in [1.54, 1.807) is 6.08 Å². The Kier molecular flexibility index (Phi) is 54.8. The van der Waals surface area contributed by atoms with Gasteiger partial charge in [0.1, 0.15) is 13.2 Å². The molecule has 0 bridgehead atoms. The van der Waals surface area contributed by atoms with Crippen molar-refractivity contribution in [1.29, 1.82) is 0 Å². The highest BCUT2D eigenvalue weighted by Crippen LogP contribution is 2.38. The summed E-state index contributed by atoms with van der Waals surface area (Å²) in [5.41, 5.74) is 0. The van der Waals surface area contributed by atoms with E-state index in [0.29, 0.717) is 17.4 Å². The molecule has 0 aliphatic heterocycles. The van der Waals surface area contributed by atoms with E-state index >= 15 is 0 Å². The number of hydrogen-bond acceptors (Lipinski definition) is 6. The fourth-order valence-corrected chi connectivity index (χ4v) is 9.01. The number of unbranched alkanes of at least 4 members (excludes halogenated alkanes) is 22. The van der Waals surface area contributed by atoms with E-state index in [1.807, 2.05) is 27.2 Å². The number of likely N-dealkylation sites (N-methyl/N-ethyl adjacent to an activating group) is 1. The number of phosphoric acid groups is 1. The third-order valence-corrected chi connectivity index (χ3v) is 14.1. The fraction of sp³-hybridized carbons (Fsp3) is 0.662. The van der Waals surface area contributed by atoms with E-state index in [0.717, 1.165) is 83.5 Å². The molecule has 0 aromatic heterocycles. The minimum atomic E-state index is -4.64. The average Bonchev–Trinajstić information content (AvgIpc) is 3.39. The zero-order valence-corrected chi connectivity index (χ0v) is 51.0. The van der Waals surface area contributed by atoms with Gasteiger partial charge < -0.3 is 28.8 Å². The molecule has 0 aliphatic rings. The summed E-state index contributed by atoms with van der Waals surface area (Å²) in [5, 5.41) is 13.8. The Morgan fingerprint density at radius 2 is 0.805 bits per heavy atom. The standard InChI is InChI=1S/C68H117N2O6P/c1-6-8-10-12-14-16-18-20-22-24-26-28-30-32-34-35-36-38-40-42-44-46-48-50-52-54-56-58-60-62-68(72)69-66(65-76-77(73,74)75-64-63-70(3,4)5)67(71)61-59-57-55-53-51-49-47-45-43-41-39-37-33-31-29-27-25-23-21-19-17-15-13-11-9-7-2/h8,10,14,16,20,22,26,28,32,34,36,38,42,44,48,50-51,53-54,56,59,61,66-67,71H,6-7,9,11-13,15,17-19,21,23-25,27,29-31,33,35,37,39-41,43,45-47,49,52,55,57-58,60,62-65H2,1-5H3,(H-,69,72,73,74)/b10-8-,16-14-,22-20-,28-26-,34-32-,38-36-,44-42-,50-48-,53-51+,56-54-,61-59+. The molecule has 440 valence electrons. The molecule has 77 heavy (non-hydrogen) atoms. The van der Waals surface area contributed by atoms with E-state index < -0.39 is 26.6 Å². The number of allylic oxidation sites excluding steroid dienone is 21. The lowest BCUT2D eigenvalue weighted by molar-refractivity contribution is -0.870. The molecule has 9 heteroatoms. The largest absolute Gasteiger partial charge is 0.756 e. The average molecular weight is 1090 g/mol. The van der Waals surface area contributed by atoms with Crippen LogP contribution in [0.2, 0.25) is 0 Å². The van der Waals surface area contributed by atoms with Crippen molar-refractivity contribution >= 4 is 13.7 Å². The SMILES string of the molecule is CC/C=C\C/C=C\C/C=C\C/C=C\C/C=C\C/C=C\C/C=C\C/C=C\C/C=C\CCCC(=O)NC(COP(=O)([O-])OCC[N+](C)(C)C)C(O)/C=C/CC/C=C/CCCCCCCCCCCCCCCCCCCCCC. The van der Waals surface area contributed by atoms with E-state index in [2.05, 4.69) is 141 Å². The van der Waals surface area contributed by atoms with Gasteiger partial charge in [0.25, 0.3) is 7.82 Å². The third kappa shape index (κ3) is 60.1. The number of nitrogens with one attached hydrogen (secondary N) is 1. The molecule has 0 saturated carbocycles. The van der Waals surface area contributed by atoms with Crippen LogP contribution in [0.1, 0.15) is 239 Å². The van der Waals surface area contributed by atoms with Crippen molar-refractivity contribution < 1.29 is 32.9 Å². The summed E-state index contributed by atoms with van der Waals surface area (Å²) in [6.07, 6.45) is 87.0. The molecule has 0 fully saturated rings. The molecule has 0 saturated heterocycles. The van der Waals surface area contributed by atoms with Crippen LogP contribution < -0.4 is 10.2 Å². The van der Waals surface area contributed by atoms with Gasteiger partial charge in [-0.3, -0.25) is 9.36 Å². The van der Waals surface area contributed by atoms with Gasteiger partial charge >= 0.3 is 0 Å². The normalized spacial score (nSPS) is 14.7. The molecule has 0 rings (SSSR count). The molecule has 3 unspecified atom stereocenters. The number of hydrogen-bond donors (Lipinski definition) is 2. The van der Waals surface area contributed by atoms with E-state index in [1.165, 1.54) is 128 Å². The van der Waals surface area contributed by atoms with Crippen LogP contribution in [0.4, 0.5) is 0 Å². The second-order valence-corrected chi connectivity index (χ2v) is 23.1. The second-order valence-electron chi connectivity index (χ2n) is 21.7. The predicted molar refractivity (Wildman–Crippen MR) is 334 cm³/mol. The van der Waals surface area contributed by atoms with Gasteiger partial charge in [0.15, 0.2) is 0 Å². The first-order chi connectivity index (χ1) is 37.5. The number of aliphatic hydroxyl groups is 1. The molecule has 0 aromatic carbocycles. The number of quaternary nitrogens is 1. The Bertz CT molecular complexity index is 1710. The summed E-state index contributed by atoms with van der Waals surface area (Å²) < 4.78 is 23.3. The number of carbonyl (C=O) groups is 1. The lowest BCUT2D eigenvalue weighted by Crippen LogP contribution is -2.45. The second kappa shape index (κ2) is 57.3. The molecule has 0 heterocycles. The highest BCUT2D eigenvalue weighted by Gasteiger charge is 2.23. The zero-order valence-electron chi connectivity index (χ0n) is 50.1. The molecule has 2 N–H and O–H groups in total. The summed E-state index contributed by atoms with van der Waals surface area (Å²) in [6, 6.07) is -0.946. The molecule has 3 atom stereocenters. The van der Waals surface area contributed by atoms with Crippen LogP contribution >= 0.6 is 7.82 Å². The number of nitrogens with zero attached hydrogens (tertiary/aromatic N) is 1. The molecular weight excluding hydrogens is 972 g/mol. The minimum Gasteiger partial charge on any atom is -0.756 e. The van der Waals surface area contributed by atoms with Gasteiger partial charge in [-0.2, -0.15) is 0 Å². The van der Waals surface area contributed by atoms with Gasteiger partial charge in [-0.05, 0) is 96.3 Å². The van der Waals surface area contributed by atoms with Crippen LogP contribution in [0.5, 0.6) is 0 Å². The summed E-state index contributed by atoms with van der Waals surface area (Å²) in [6.45, 7) is 4.47. The Hall–Kier alpha value is -3.36. The van der Waals surface area contributed by atoms with Gasteiger partial charge in [0.2, 0.25) is 5.91 Å². The van der Waals surface area contributed by atoms with Gasteiger partial charge in [-0.15, -0.1) is 0 Å². The quantitative estimate of drug-likeness (QED) is 0.0272. The van der Waals surface area contributed by atoms with E-state index in [4.69, 9.17) is 9.05 Å². The van der Waals surface area contributed by atoms with Crippen LogP contribution in [0, 0.1) is 0 Å². The number of rotatable bonds is 55. The molecule has 0 radical (unpaired) electrons. The first-order valence-electron chi connectivity index (χ1n) is 31.0. The third-order valence-electron chi connectivity index (χ3n) is 13.1. The van der Waals surface area contributed by atoms with Crippen molar-refractivity contribution in [3.05, 3.63) is 134 Å². The van der Waals surface area contributed by atoms with Crippen LogP contribution in [-0.4, -0.2) is 68.5 Å². The Morgan fingerprint density at radius 3 is 1.21 bits per heavy atom. The summed E-state index contributed by atoms with van der Waals surface area (Å²) in [4.78, 5) is 25.5. The van der Waals surface area contributed by atoms with Gasteiger partial charge in [-0.25, -0.2) is 0 Å².